The molecule has 6 aromatic heterocycles. The minimum absolute atomic E-state index is 0.718. The Labute approximate surface area is 820 Å². The van der Waals surface area contributed by atoms with E-state index in [2.05, 4.69) is 463 Å². The molecule has 0 unspecified atom stereocenters. The molecule has 0 saturated carbocycles. The maximum atomic E-state index is 5.38. The predicted molar refractivity (Wildman–Crippen MR) is 595 cm³/mol. The Kier molecular flexibility index (Phi) is 17.7. The summed E-state index contributed by atoms with van der Waals surface area (Å²) in [5.74, 6) is 3.08. The first-order chi connectivity index (χ1) is 70.9. The van der Waals surface area contributed by atoms with Crippen LogP contribution in [0.15, 0.2) is 479 Å². The molecule has 3 aliphatic carbocycles. The van der Waals surface area contributed by atoms with Crippen molar-refractivity contribution in [2.75, 3.05) is 0 Å². The van der Waals surface area contributed by atoms with Crippen LogP contribution in [0.5, 0.6) is 0 Å². The topological polar surface area (TPSA) is 92.1 Å². The normalized spacial score (nSPS) is 12.1. The van der Waals surface area contributed by atoms with Gasteiger partial charge in [0.25, 0.3) is 0 Å². The number of hydrogen-bond acceptors (Lipinski definition) is 6. The Bertz CT molecular complexity index is 10500. The molecular weight excluding hydrogens is 1740 g/mol. The Morgan fingerprint density at radius 2 is 0.434 bits per heavy atom. The fourth-order valence-electron chi connectivity index (χ4n) is 23.6. The highest BCUT2D eigenvalue weighted by Crippen LogP contribution is 2.55. The molecule has 32 rings (SSSR count). The summed E-state index contributed by atoms with van der Waals surface area (Å²) in [6, 6.07) is 172. The summed E-state index contributed by atoms with van der Waals surface area (Å²) in [5.41, 5.74) is 36.7. The number of rotatable bonds is 9. The third kappa shape index (κ3) is 12.4. The van der Waals surface area contributed by atoms with E-state index in [9.17, 15) is 0 Å². The monoisotopic (exact) mass is 1810 g/mol. The van der Waals surface area contributed by atoms with Crippen LogP contribution in [-0.4, -0.2) is 43.6 Å². The van der Waals surface area contributed by atoms with Gasteiger partial charge in [-0.1, -0.05) is 382 Å². The molecule has 0 atom stereocenters. The quantitative estimate of drug-likeness (QED) is 0.143. The van der Waals surface area contributed by atoms with Crippen LogP contribution in [0.25, 0.3) is 304 Å². The fraction of sp³-hybridized carbons (Fsp3) is 0. The summed E-state index contributed by atoms with van der Waals surface area (Å²) < 4.78 is 7.23. The van der Waals surface area contributed by atoms with Crippen LogP contribution in [0.2, 0.25) is 0 Å². The molecular formula is C134H79N9. The fourth-order valence-corrected chi connectivity index (χ4v) is 23.6. The third-order valence-corrected chi connectivity index (χ3v) is 29.9. The van der Waals surface area contributed by atoms with Crippen LogP contribution in [0, 0.1) is 0 Å². The van der Waals surface area contributed by atoms with Gasteiger partial charge in [-0.3, -0.25) is 4.57 Å². The first-order valence-electron chi connectivity index (χ1n) is 48.9. The molecule has 0 saturated heterocycles. The lowest BCUT2D eigenvalue weighted by Gasteiger charge is -2.15. The summed E-state index contributed by atoms with van der Waals surface area (Å²) in [4.78, 5) is 31.3. The second-order valence-corrected chi connectivity index (χ2v) is 37.7. The van der Waals surface area contributed by atoms with E-state index in [1.54, 1.807) is 0 Å². The van der Waals surface area contributed by atoms with Gasteiger partial charge in [-0.25, -0.2) is 29.9 Å². The Hall–Kier alpha value is -19.2. The summed E-state index contributed by atoms with van der Waals surface area (Å²) >= 11 is 0. The summed E-state index contributed by atoms with van der Waals surface area (Å²) in [6.07, 6.45) is 0. The lowest BCUT2D eigenvalue weighted by molar-refractivity contribution is 1.08. The van der Waals surface area contributed by atoms with Crippen molar-refractivity contribution in [3.05, 3.63) is 479 Å². The predicted octanol–water partition coefficient (Wildman–Crippen LogP) is 34.9. The van der Waals surface area contributed by atoms with E-state index >= 15 is 0 Å². The van der Waals surface area contributed by atoms with Crippen molar-refractivity contribution in [1.82, 2.24) is 43.6 Å². The second-order valence-electron chi connectivity index (χ2n) is 37.7. The van der Waals surface area contributed by atoms with Crippen molar-refractivity contribution >= 4 is 152 Å². The number of fused-ring (bicyclic) bond motifs is 14. The standard InChI is InChI=1S/C50H29N3.C48H29N3.C36H21N3/c1-3-11-33-27-35(21-19-30(33)9-1)49-42-29-37(24-25-43(42)51-50(52-49)36-22-20-31-10-2-4-12-34(31)28-36)53-44-18-8-17-41-39-15-6-5-14-38(39)40-16-7-13-32-23-26-45(53)48(46(32)40)47(41)44;1-3-11-30(12-4-1)31-21-23-34(24-22-31)48-49-41-27-26-35(29-40(41)47(50-48)33-13-5-2-6-14-33)51-42-20-10-19-39-37-17-8-7-16-36(37)38-18-9-15-32-25-28-43(51)46(44(32)38)45(39)42;1-2-10-23(11-3-1)35-37-29-18-7-6-15-28(29)36(38-35)39-30-19-9-17-27-25-14-5-4-13-24(25)26-16-8-12-22-20-21-31(39)34(32(22)26)33(27)30/h1-29H;1-29H;1-21H. The largest absolute Gasteiger partial charge is 0.309 e. The Morgan fingerprint density at radius 3 is 0.902 bits per heavy atom. The highest BCUT2D eigenvalue weighted by atomic mass is 15.1. The van der Waals surface area contributed by atoms with Gasteiger partial charge < -0.3 is 9.13 Å². The van der Waals surface area contributed by atoms with Crippen molar-refractivity contribution in [1.29, 1.82) is 0 Å². The van der Waals surface area contributed by atoms with Gasteiger partial charge in [0.05, 0.1) is 61.0 Å². The second kappa shape index (κ2) is 31.7. The van der Waals surface area contributed by atoms with Gasteiger partial charge in [0.1, 0.15) is 5.82 Å². The molecule has 29 aromatic rings. The highest BCUT2D eigenvalue weighted by molar-refractivity contribution is 6.34. The van der Waals surface area contributed by atoms with Crippen LogP contribution in [0.4, 0.5) is 0 Å². The molecule has 9 heteroatoms. The summed E-state index contributed by atoms with van der Waals surface area (Å²) in [6.45, 7) is 0. The number of para-hydroxylation sites is 1. The lowest BCUT2D eigenvalue weighted by atomic mass is 9.93. The zero-order chi connectivity index (χ0) is 93.6. The SMILES string of the molecule is c1ccc(-c2ccc(-c3nc(-c4ccccc4)c4cc(-n5c6cccc7c6c6c8c(cccc8ccc65)-c5ccccc5-7)ccc4n3)cc2)cc1.c1ccc(-c2nc(-n3c4cccc5c4c4c6c(cccc6ccc43)-c3ccccc3-5)c3ccccc3n2)cc1.c1ccc2c(c1)-c1cccc3ccc4c(c13)c1c-2cccc1n4-c1ccc2nc(-c3ccc4ccccc4c3)nc(-c3ccc4ccccc4c3)c2c1. The van der Waals surface area contributed by atoms with E-state index < -0.39 is 0 Å². The van der Waals surface area contributed by atoms with Gasteiger partial charge in [-0.2, -0.15) is 0 Å². The van der Waals surface area contributed by atoms with E-state index in [0.717, 1.165) is 118 Å². The molecule has 6 heterocycles. The van der Waals surface area contributed by atoms with Crippen molar-refractivity contribution in [2.45, 2.75) is 0 Å². The van der Waals surface area contributed by atoms with Gasteiger partial charge in [0, 0.05) is 87.7 Å². The third-order valence-electron chi connectivity index (χ3n) is 29.9. The molecule has 143 heavy (non-hydrogen) atoms. The summed E-state index contributed by atoms with van der Waals surface area (Å²) in [7, 11) is 0. The van der Waals surface area contributed by atoms with Gasteiger partial charge in [0.15, 0.2) is 17.5 Å². The van der Waals surface area contributed by atoms with E-state index in [-0.39, 0.29) is 0 Å². The molecule has 0 radical (unpaired) electrons. The maximum Gasteiger partial charge on any atom is 0.162 e. The van der Waals surface area contributed by atoms with Gasteiger partial charge in [-0.15, -0.1) is 0 Å². The zero-order valence-corrected chi connectivity index (χ0v) is 77.1. The molecule has 9 nitrogen and oxygen atoms in total. The van der Waals surface area contributed by atoms with Crippen molar-refractivity contribution in [3.8, 4) is 152 Å². The minimum atomic E-state index is 0.718. The van der Waals surface area contributed by atoms with Crippen LogP contribution >= 0.6 is 0 Å². The highest BCUT2D eigenvalue weighted by Gasteiger charge is 2.31. The average Bonchev–Trinajstić information content (AvgIpc) is 1.54. The average molecular weight is 1820 g/mol. The van der Waals surface area contributed by atoms with Gasteiger partial charge >= 0.3 is 0 Å². The number of benzene rings is 23. The van der Waals surface area contributed by atoms with Crippen LogP contribution < -0.4 is 0 Å². The smallest absolute Gasteiger partial charge is 0.162 e. The molecule has 660 valence electrons. The van der Waals surface area contributed by atoms with Gasteiger partial charge in [-0.05, 0) is 229 Å². The van der Waals surface area contributed by atoms with E-state index in [1.165, 1.54) is 186 Å². The number of nitrogens with zero attached hydrogens (tertiary/aromatic N) is 9. The first-order valence-corrected chi connectivity index (χ1v) is 48.9. The minimum Gasteiger partial charge on any atom is -0.309 e. The Balaban J connectivity index is 0.000000101. The molecule has 23 aromatic carbocycles. The van der Waals surface area contributed by atoms with Crippen LogP contribution in [0.3, 0.4) is 0 Å². The molecule has 0 fully saturated rings. The van der Waals surface area contributed by atoms with E-state index in [0.29, 0.717) is 0 Å². The van der Waals surface area contributed by atoms with Gasteiger partial charge in [0.2, 0.25) is 0 Å². The zero-order valence-electron chi connectivity index (χ0n) is 77.1. The van der Waals surface area contributed by atoms with Crippen molar-refractivity contribution in [3.63, 3.8) is 0 Å². The molecule has 0 N–H and O–H groups in total. The molecule has 0 bridgehead atoms. The summed E-state index contributed by atoms with van der Waals surface area (Å²) in [5, 5.41) is 23.3. The molecule has 0 aliphatic heterocycles. The van der Waals surface area contributed by atoms with Crippen LogP contribution in [0.1, 0.15) is 0 Å². The maximum absolute atomic E-state index is 5.38. The lowest BCUT2D eigenvalue weighted by Crippen LogP contribution is -2.02. The van der Waals surface area contributed by atoms with Crippen molar-refractivity contribution in [2.24, 2.45) is 0 Å². The first kappa shape index (κ1) is 79.9. The van der Waals surface area contributed by atoms with E-state index in [4.69, 9.17) is 29.9 Å². The number of hydrogen-bond donors (Lipinski definition) is 0. The van der Waals surface area contributed by atoms with Crippen molar-refractivity contribution < 1.29 is 0 Å². The molecule has 0 amide bonds. The van der Waals surface area contributed by atoms with Crippen LogP contribution in [-0.2, 0) is 0 Å². The van der Waals surface area contributed by atoms with E-state index in [1.807, 2.05) is 30.3 Å². The Morgan fingerprint density at radius 1 is 0.140 bits per heavy atom. The molecule has 3 aliphatic rings. The number of aromatic nitrogens is 9. The molecule has 0 spiro atoms.